The summed E-state index contributed by atoms with van der Waals surface area (Å²) in [5.41, 5.74) is 7.54. The van der Waals surface area contributed by atoms with Gasteiger partial charge in [0.05, 0.1) is 12.7 Å². The number of methoxy groups -OCH3 is 1. The van der Waals surface area contributed by atoms with E-state index >= 15 is 0 Å². The number of rotatable bonds is 6. The van der Waals surface area contributed by atoms with Crippen LogP contribution in [0.5, 0.6) is 5.75 Å². The maximum atomic E-state index is 12.1. The van der Waals surface area contributed by atoms with Gasteiger partial charge in [-0.25, -0.2) is 0 Å². The second-order valence-corrected chi connectivity index (χ2v) is 5.30. The lowest BCUT2D eigenvalue weighted by Gasteiger charge is -2.15. The van der Waals surface area contributed by atoms with Crippen molar-refractivity contribution in [1.29, 1.82) is 0 Å². The number of carbonyl (C=O) groups excluding carboxylic acids is 1. The van der Waals surface area contributed by atoms with Gasteiger partial charge in [0.25, 0.3) is 5.91 Å². The van der Waals surface area contributed by atoms with Crippen LogP contribution in [0.3, 0.4) is 0 Å². The van der Waals surface area contributed by atoms with Crippen molar-refractivity contribution in [1.82, 2.24) is 5.32 Å². The molecule has 1 rings (SSSR count). The fraction of sp³-hybridized carbons (Fsp3) is 0.533. The molecule has 0 aliphatic carbocycles. The maximum Gasteiger partial charge on any atom is 0.255 e. The number of ether oxygens (including phenoxy) is 1. The molecular formula is C15H24N2O2. The van der Waals surface area contributed by atoms with Crippen molar-refractivity contribution in [2.24, 2.45) is 11.7 Å². The third-order valence-electron chi connectivity index (χ3n) is 2.90. The summed E-state index contributed by atoms with van der Waals surface area (Å²) in [5.74, 6) is 0.973. The van der Waals surface area contributed by atoms with E-state index in [1.807, 2.05) is 19.1 Å². The van der Waals surface area contributed by atoms with Gasteiger partial charge in [-0.2, -0.15) is 0 Å². The monoisotopic (exact) mass is 264 g/mol. The maximum absolute atomic E-state index is 12.1. The Labute approximate surface area is 115 Å². The van der Waals surface area contributed by atoms with Crippen LogP contribution in [0, 0.1) is 12.8 Å². The molecule has 4 nitrogen and oxygen atoms in total. The topological polar surface area (TPSA) is 64.3 Å². The standard InChI is InChI=1S/C15H24N2O2/c1-10(2)7-12(16)9-17-15(18)13-8-11(3)5-6-14(13)19-4/h5-6,8,10,12H,7,9,16H2,1-4H3,(H,17,18). The lowest BCUT2D eigenvalue weighted by molar-refractivity contribution is 0.0947. The van der Waals surface area contributed by atoms with Crippen molar-refractivity contribution >= 4 is 5.91 Å². The Balaban J connectivity index is 2.65. The van der Waals surface area contributed by atoms with Crippen LogP contribution < -0.4 is 15.8 Å². The number of hydrogen-bond donors (Lipinski definition) is 2. The number of nitrogens with two attached hydrogens (primary N) is 1. The summed E-state index contributed by atoms with van der Waals surface area (Å²) in [6.45, 7) is 6.66. The highest BCUT2D eigenvalue weighted by atomic mass is 16.5. The summed E-state index contributed by atoms with van der Waals surface area (Å²) in [4.78, 5) is 12.1. The molecule has 1 aromatic carbocycles. The molecule has 1 atom stereocenters. The minimum atomic E-state index is -0.139. The summed E-state index contributed by atoms with van der Waals surface area (Å²) in [6.07, 6.45) is 0.894. The molecule has 0 saturated carbocycles. The third kappa shape index (κ3) is 4.91. The lowest BCUT2D eigenvalue weighted by atomic mass is 10.0. The first-order valence-corrected chi connectivity index (χ1v) is 6.62. The minimum absolute atomic E-state index is 0.0141. The molecule has 106 valence electrons. The molecule has 3 N–H and O–H groups in total. The molecule has 19 heavy (non-hydrogen) atoms. The molecule has 0 spiro atoms. The molecule has 4 heteroatoms. The van der Waals surface area contributed by atoms with E-state index in [9.17, 15) is 4.79 Å². The van der Waals surface area contributed by atoms with Crippen LogP contribution in [0.4, 0.5) is 0 Å². The first kappa shape index (κ1) is 15.5. The van der Waals surface area contributed by atoms with Crippen LogP contribution in [-0.4, -0.2) is 25.6 Å². The zero-order chi connectivity index (χ0) is 14.4. The molecule has 0 saturated heterocycles. The Morgan fingerprint density at radius 2 is 2.11 bits per heavy atom. The van der Waals surface area contributed by atoms with Gasteiger partial charge >= 0.3 is 0 Å². The van der Waals surface area contributed by atoms with E-state index in [0.29, 0.717) is 23.8 Å². The molecule has 0 aliphatic rings. The summed E-state index contributed by atoms with van der Waals surface area (Å²) < 4.78 is 5.20. The molecule has 1 aromatic rings. The van der Waals surface area contributed by atoms with Gasteiger partial charge in [-0.1, -0.05) is 25.5 Å². The van der Waals surface area contributed by atoms with Crippen LogP contribution in [0.2, 0.25) is 0 Å². The second-order valence-electron chi connectivity index (χ2n) is 5.30. The summed E-state index contributed by atoms with van der Waals surface area (Å²) >= 11 is 0. The molecule has 1 amide bonds. The van der Waals surface area contributed by atoms with Crippen molar-refractivity contribution in [3.05, 3.63) is 29.3 Å². The Morgan fingerprint density at radius 3 is 2.68 bits per heavy atom. The molecular weight excluding hydrogens is 240 g/mol. The molecule has 0 aromatic heterocycles. The van der Waals surface area contributed by atoms with Crippen LogP contribution in [0.15, 0.2) is 18.2 Å². The predicted molar refractivity (Wildman–Crippen MR) is 77.5 cm³/mol. The number of aryl methyl sites for hydroxylation is 1. The van der Waals surface area contributed by atoms with Gasteiger partial charge < -0.3 is 15.8 Å². The van der Waals surface area contributed by atoms with Gasteiger partial charge in [0.15, 0.2) is 0 Å². The molecule has 0 bridgehead atoms. The largest absolute Gasteiger partial charge is 0.496 e. The highest BCUT2D eigenvalue weighted by molar-refractivity contribution is 5.97. The molecule has 1 unspecified atom stereocenters. The molecule has 0 aliphatic heterocycles. The average Bonchev–Trinajstić information content (AvgIpc) is 2.35. The van der Waals surface area contributed by atoms with Gasteiger partial charge in [-0.15, -0.1) is 0 Å². The first-order valence-electron chi connectivity index (χ1n) is 6.62. The van der Waals surface area contributed by atoms with Gasteiger partial charge in [-0.05, 0) is 31.4 Å². The molecule has 0 heterocycles. The van der Waals surface area contributed by atoms with Crippen LogP contribution in [-0.2, 0) is 0 Å². The van der Waals surface area contributed by atoms with E-state index in [-0.39, 0.29) is 11.9 Å². The normalized spacial score (nSPS) is 12.3. The highest BCUT2D eigenvalue weighted by Crippen LogP contribution is 2.19. The summed E-state index contributed by atoms with van der Waals surface area (Å²) in [7, 11) is 1.56. The van der Waals surface area contributed by atoms with E-state index < -0.39 is 0 Å². The van der Waals surface area contributed by atoms with Gasteiger partial charge in [0.2, 0.25) is 0 Å². The average molecular weight is 264 g/mol. The number of benzene rings is 1. The smallest absolute Gasteiger partial charge is 0.255 e. The zero-order valence-corrected chi connectivity index (χ0v) is 12.2. The fourth-order valence-corrected chi connectivity index (χ4v) is 2.01. The SMILES string of the molecule is COc1ccc(C)cc1C(=O)NCC(N)CC(C)C. The van der Waals surface area contributed by atoms with Gasteiger partial charge in [0, 0.05) is 12.6 Å². The number of carbonyl (C=O) groups is 1. The van der Waals surface area contributed by atoms with Gasteiger partial charge in [-0.3, -0.25) is 4.79 Å². The van der Waals surface area contributed by atoms with Crippen LogP contribution >= 0.6 is 0 Å². The van der Waals surface area contributed by atoms with Gasteiger partial charge in [0.1, 0.15) is 5.75 Å². The van der Waals surface area contributed by atoms with Crippen LogP contribution in [0.25, 0.3) is 0 Å². The molecule has 0 fully saturated rings. The van der Waals surface area contributed by atoms with E-state index in [1.54, 1.807) is 13.2 Å². The quantitative estimate of drug-likeness (QED) is 0.827. The Bertz CT molecular complexity index is 430. The van der Waals surface area contributed by atoms with Crippen molar-refractivity contribution in [2.45, 2.75) is 33.2 Å². The minimum Gasteiger partial charge on any atom is -0.496 e. The summed E-state index contributed by atoms with van der Waals surface area (Å²) in [5, 5.41) is 2.86. The number of amides is 1. The van der Waals surface area contributed by atoms with E-state index in [1.165, 1.54) is 0 Å². The Morgan fingerprint density at radius 1 is 1.42 bits per heavy atom. The lowest BCUT2D eigenvalue weighted by Crippen LogP contribution is -2.38. The van der Waals surface area contributed by atoms with Crippen molar-refractivity contribution in [2.75, 3.05) is 13.7 Å². The Kier molecular flexibility index (Phi) is 5.83. The van der Waals surface area contributed by atoms with E-state index in [2.05, 4.69) is 19.2 Å². The molecule has 0 radical (unpaired) electrons. The highest BCUT2D eigenvalue weighted by Gasteiger charge is 2.13. The summed E-state index contributed by atoms with van der Waals surface area (Å²) in [6, 6.07) is 5.53. The van der Waals surface area contributed by atoms with Crippen molar-refractivity contribution in [3.63, 3.8) is 0 Å². The first-order chi connectivity index (χ1) is 8.93. The fourth-order valence-electron chi connectivity index (χ4n) is 2.01. The predicted octanol–water partition coefficient (Wildman–Crippen LogP) is 2.11. The van der Waals surface area contributed by atoms with Crippen molar-refractivity contribution in [3.8, 4) is 5.75 Å². The third-order valence-corrected chi connectivity index (χ3v) is 2.90. The van der Waals surface area contributed by atoms with Crippen LogP contribution in [0.1, 0.15) is 36.2 Å². The van der Waals surface area contributed by atoms with E-state index in [0.717, 1.165) is 12.0 Å². The number of hydrogen-bond acceptors (Lipinski definition) is 3. The zero-order valence-electron chi connectivity index (χ0n) is 12.2. The Hall–Kier alpha value is -1.55. The van der Waals surface area contributed by atoms with Crippen molar-refractivity contribution < 1.29 is 9.53 Å². The number of nitrogens with one attached hydrogen (secondary N) is 1. The second kappa shape index (κ2) is 7.14. The van der Waals surface area contributed by atoms with E-state index in [4.69, 9.17) is 10.5 Å².